The first kappa shape index (κ1) is 19.0. The lowest BCUT2D eigenvalue weighted by atomic mass is 10.0. The third-order valence-electron chi connectivity index (χ3n) is 3.54. The quantitative estimate of drug-likeness (QED) is 0.575. The highest BCUT2D eigenvalue weighted by molar-refractivity contribution is 7.86. The average Bonchev–Trinajstić information content (AvgIpc) is 2.52. The summed E-state index contributed by atoms with van der Waals surface area (Å²) in [6.07, 6.45) is 0.810. The van der Waals surface area contributed by atoms with Crippen LogP contribution in [0.3, 0.4) is 0 Å². The van der Waals surface area contributed by atoms with E-state index in [-0.39, 0.29) is 6.54 Å². The Bertz CT molecular complexity index is 871. The lowest BCUT2D eigenvalue weighted by Gasteiger charge is -2.26. The molecule has 0 spiro atoms. The number of carbonyl (C=O) groups is 1. The molecule has 1 atom stereocenters. The molecule has 0 saturated carbocycles. The summed E-state index contributed by atoms with van der Waals surface area (Å²) in [6, 6.07) is 13.6. The Kier molecular flexibility index (Phi) is 5.56. The standard InChI is InChI=1S/C17H19FN2O4S/c1-17(16(19)21,24-25(2,22)23)20-11-12-8-9-14(15(18)10-12)13-6-4-3-5-7-13/h3-10,20H,11H2,1-2H3,(H2,19,21)/t17-/m0/s1. The Morgan fingerprint density at radius 3 is 2.40 bits per heavy atom. The van der Waals surface area contributed by atoms with Crippen molar-refractivity contribution < 1.29 is 21.8 Å². The van der Waals surface area contributed by atoms with Crippen LogP contribution >= 0.6 is 0 Å². The van der Waals surface area contributed by atoms with Crippen molar-refractivity contribution in [3.8, 4) is 11.1 Å². The first-order valence-electron chi connectivity index (χ1n) is 7.40. The van der Waals surface area contributed by atoms with Gasteiger partial charge < -0.3 is 5.73 Å². The predicted octanol–water partition coefficient (Wildman–Crippen LogP) is 1.76. The molecule has 2 aromatic carbocycles. The van der Waals surface area contributed by atoms with E-state index >= 15 is 0 Å². The third kappa shape index (κ3) is 5.09. The molecule has 0 bridgehead atoms. The fraction of sp³-hybridized carbons (Fsp3) is 0.235. The molecule has 2 aromatic rings. The van der Waals surface area contributed by atoms with Gasteiger partial charge >= 0.3 is 0 Å². The molecule has 0 aliphatic heterocycles. The fourth-order valence-electron chi connectivity index (χ4n) is 2.25. The Hall–Kier alpha value is -2.29. The van der Waals surface area contributed by atoms with Crippen molar-refractivity contribution in [3.05, 3.63) is 59.9 Å². The second-order valence-electron chi connectivity index (χ2n) is 5.72. The zero-order valence-electron chi connectivity index (χ0n) is 13.8. The van der Waals surface area contributed by atoms with E-state index in [1.54, 1.807) is 24.3 Å². The summed E-state index contributed by atoms with van der Waals surface area (Å²) < 4.78 is 41.6. The Balaban J connectivity index is 2.18. The summed E-state index contributed by atoms with van der Waals surface area (Å²) in [5, 5.41) is 2.61. The van der Waals surface area contributed by atoms with Gasteiger partial charge in [-0.1, -0.05) is 42.5 Å². The van der Waals surface area contributed by atoms with Gasteiger partial charge in [0, 0.05) is 12.1 Å². The van der Waals surface area contributed by atoms with Gasteiger partial charge in [-0.15, -0.1) is 0 Å². The normalized spacial score (nSPS) is 14.0. The molecule has 25 heavy (non-hydrogen) atoms. The summed E-state index contributed by atoms with van der Waals surface area (Å²) in [4.78, 5) is 11.5. The van der Waals surface area contributed by atoms with E-state index in [9.17, 15) is 17.6 Å². The van der Waals surface area contributed by atoms with Crippen LogP contribution in [-0.2, 0) is 25.6 Å². The number of rotatable bonds is 7. The van der Waals surface area contributed by atoms with Crippen LogP contribution in [0.1, 0.15) is 12.5 Å². The van der Waals surface area contributed by atoms with Crippen LogP contribution in [0.15, 0.2) is 48.5 Å². The number of hydrogen-bond donors (Lipinski definition) is 2. The number of carbonyl (C=O) groups excluding carboxylic acids is 1. The summed E-state index contributed by atoms with van der Waals surface area (Å²) in [5.41, 5.74) is 4.96. The first-order chi connectivity index (χ1) is 11.6. The Morgan fingerprint density at radius 2 is 1.88 bits per heavy atom. The maximum Gasteiger partial charge on any atom is 0.266 e. The van der Waals surface area contributed by atoms with Crippen LogP contribution in [0.2, 0.25) is 0 Å². The highest BCUT2D eigenvalue weighted by Gasteiger charge is 2.35. The molecule has 3 N–H and O–H groups in total. The molecule has 6 nitrogen and oxygen atoms in total. The number of primary amides is 1. The van der Waals surface area contributed by atoms with Gasteiger partial charge in [0.05, 0.1) is 6.26 Å². The van der Waals surface area contributed by atoms with E-state index in [1.807, 2.05) is 18.2 Å². The van der Waals surface area contributed by atoms with Gasteiger partial charge in [0.15, 0.2) is 0 Å². The molecular weight excluding hydrogens is 347 g/mol. The molecule has 0 radical (unpaired) electrons. The minimum atomic E-state index is -3.92. The number of benzene rings is 2. The van der Waals surface area contributed by atoms with Crippen molar-refractivity contribution in [2.45, 2.75) is 19.2 Å². The van der Waals surface area contributed by atoms with Crippen LogP contribution in [0.4, 0.5) is 4.39 Å². The number of hydrogen-bond acceptors (Lipinski definition) is 5. The van der Waals surface area contributed by atoms with Crippen LogP contribution in [0.5, 0.6) is 0 Å². The van der Waals surface area contributed by atoms with Crippen LogP contribution in [-0.4, -0.2) is 26.3 Å². The Morgan fingerprint density at radius 1 is 1.24 bits per heavy atom. The van der Waals surface area contributed by atoms with Crippen molar-refractivity contribution in [2.75, 3.05) is 6.26 Å². The van der Waals surface area contributed by atoms with E-state index in [0.717, 1.165) is 11.8 Å². The molecule has 134 valence electrons. The number of amides is 1. The minimum absolute atomic E-state index is 0.0129. The highest BCUT2D eigenvalue weighted by atomic mass is 32.2. The smallest absolute Gasteiger partial charge is 0.266 e. The molecule has 8 heteroatoms. The van der Waals surface area contributed by atoms with E-state index in [2.05, 4.69) is 5.32 Å². The summed E-state index contributed by atoms with van der Waals surface area (Å²) in [6.45, 7) is 1.19. The molecular formula is C17H19FN2O4S. The lowest BCUT2D eigenvalue weighted by Crippen LogP contribution is -2.55. The van der Waals surface area contributed by atoms with Gasteiger partial charge in [0.1, 0.15) is 5.82 Å². The van der Waals surface area contributed by atoms with Crippen molar-refractivity contribution in [2.24, 2.45) is 5.73 Å². The molecule has 0 fully saturated rings. The lowest BCUT2D eigenvalue weighted by molar-refractivity contribution is -0.134. The number of nitrogens with one attached hydrogen (secondary N) is 1. The van der Waals surface area contributed by atoms with Gasteiger partial charge in [0.25, 0.3) is 16.0 Å². The van der Waals surface area contributed by atoms with E-state index in [0.29, 0.717) is 11.1 Å². The Labute approximate surface area is 145 Å². The van der Waals surface area contributed by atoms with Gasteiger partial charge in [0.2, 0.25) is 5.72 Å². The summed E-state index contributed by atoms with van der Waals surface area (Å²) in [5.74, 6) is -1.44. The van der Waals surface area contributed by atoms with Crippen molar-refractivity contribution in [1.29, 1.82) is 0 Å². The number of halogens is 1. The third-order valence-corrected chi connectivity index (χ3v) is 4.17. The minimum Gasteiger partial charge on any atom is -0.366 e. The molecule has 1 amide bonds. The second-order valence-corrected chi connectivity index (χ2v) is 7.29. The van der Waals surface area contributed by atoms with Crippen molar-refractivity contribution in [1.82, 2.24) is 5.32 Å². The molecule has 2 rings (SSSR count). The monoisotopic (exact) mass is 366 g/mol. The van der Waals surface area contributed by atoms with Gasteiger partial charge in [-0.25, -0.2) is 8.57 Å². The molecule has 0 unspecified atom stereocenters. The first-order valence-corrected chi connectivity index (χ1v) is 9.22. The van der Waals surface area contributed by atoms with Crippen LogP contribution in [0, 0.1) is 5.82 Å². The van der Waals surface area contributed by atoms with Gasteiger partial charge in [-0.05, 0) is 24.1 Å². The maximum absolute atomic E-state index is 14.3. The largest absolute Gasteiger partial charge is 0.366 e. The maximum atomic E-state index is 14.3. The number of nitrogens with two attached hydrogens (primary N) is 1. The van der Waals surface area contributed by atoms with Gasteiger partial charge in [-0.2, -0.15) is 8.42 Å². The second kappa shape index (κ2) is 7.30. The zero-order chi connectivity index (χ0) is 18.7. The topological polar surface area (TPSA) is 98.5 Å². The van der Waals surface area contributed by atoms with Gasteiger partial charge in [-0.3, -0.25) is 10.1 Å². The van der Waals surface area contributed by atoms with Crippen molar-refractivity contribution >= 4 is 16.0 Å². The molecule has 0 aliphatic rings. The summed E-state index contributed by atoms with van der Waals surface area (Å²) in [7, 11) is -3.92. The van der Waals surface area contributed by atoms with E-state index in [1.165, 1.54) is 13.0 Å². The predicted molar refractivity (Wildman–Crippen MR) is 92.2 cm³/mol. The molecule has 0 saturated heterocycles. The average molecular weight is 366 g/mol. The fourth-order valence-corrected chi connectivity index (χ4v) is 3.00. The van der Waals surface area contributed by atoms with E-state index < -0.39 is 27.6 Å². The molecule has 0 aromatic heterocycles. The summed E-state index contributed by atoms with van der Waals surface area (Å²) >= 11 is 0. The SMILES string of the molecule is C[C@](NCc1ccc(-c2ccccc2)c(F)c1)(OS(C)(=O)=O)C(N)=O. The van der Waals surface area contributed by atoms with E-state index in [4.69, 9.17) is 9.92 Å². The zero-order valence-corrected chi connectivity index (χ0v) is 14.6. The molecule has 0 heterocycles. The highest BCUT2D eigenvalue weighted by Crippen LogP contribution is 2.23. The molecule has 0 aliphatic carbocycles. The van der Waals surface area contributed by atoms with Crippen molar-refractivity contribution in [3.63, 3.8) is 0 Å². The van der Waals surface area contributed by atoms with Crippen LogP contribution in [0.25, 0.3) is 11.1 Å². The van der Waals surface area contributed by atoms with Crippen LogP contribution < -0.4 is 11.1 Å².